The summed E-state index contributed by atoms with van der Waals surface area (Å²) in [5.74, 6) is -0.771. The van der Waals surface area contributed by atoms with Gasteiger partial charge in [-0.2, -0.15) is 10.2 Å². The van der Waals surface area contributed by atoms with Crippen LogP contribution in [-0.4, -0.2) is 48.4 Å². The normalized spacial score (nSPS) is 11.1. The van der Waals surface area contributed by atoms with Gasteiger partial charge in [0.2, 0.25) is 5.88 Å². The van der Waals surface area contributed by atoms with Crippen LogP contribution in [0.1, 0.15) is 29.8 Å². The molecule has 1 amide bonds. The van der Waals surface area contributed by atoms with Gasteiger partial charge in [-0.05, 0) is 26.0 Å². The van der Waals surface area contributed by atoms with Gasteiger partial charge in [-0.25, -0.2) is 14.6 Å². The predicted molar refractivity (Wildman–Crippen MR) is 103 cm³/mol. The highest BCUT2D eigenvalue weighted by Crippen LogP contribution is 2.27. The molecule has 2 aromatic rings. The Morgan fingerprint density at radius 1 is 1.34 bits per heavy atom. The summed E-state index contributed by atoms with van der Waals surface area (Å²) >= 11 is 0. The summed E-state index contributed by atoms with van der Waals surface area (Å²) in [6.45, 7) is 3.54. The van der Waals surface area contributed by atoms with E-state index in [1.54, 1.807) is 38.1 Å². The van der Waals surface area contributed by atoms with Crippen molar-refractivity contribution in [2.24, 2.45) is 0 Å². The van der Waals surface area contributed by atoms with E-state index < -0.39 is 18.2 Å². The summed E-state index contributed by atoms with van der Waals surface area (Å²) in [5, 5.41) is 11.6. The molecule has 0 aliphatic rings. The maximum absolute atomic E-state index is 12.3. The first kappa shape index (κ1) is 21.4. The molecule has 29 heavy (non-hydrogen) atoms. The molecule has 0 radical (unpaired) electrons. The first-order valence-corrected chi connectivity index (χ1v) is 8.73. The Kier molecular flexibility index (Phi) is 7.31. The average molecular weight is 399 g/mol. The molecular weight excluding hydrogens is 378 g/mol. The molecule has 3 N–H and O–H groups in total. The Hall–Kier alpha value is -3.87. The molecule has 1 atom stereocenters. The van der Waals surface area contributed by atoms with Crippen molar-refractivity contribution in [3.8, 4) is 23.3 Å². The number of methoxy groups -OCH3 is 1. The molecular formula is C19H21N5O5. The number of carbonyl (C=O) groups is 2. The minimum absolute atomic E-state index is 0.0903. The Labute approximate surface area is 167 Å². The van der Waals surface area contributed by atoms with Gasteiger partial charge in [-0.15, -0.1) is 0 Å². The molecule has 0 spiro atoms. The van der Waals surface area contributed by atoms with E-state index in [4.69, 9.17) is 20.5 Å². The fraction of sp³-hybridized carbons (Fsp3) is 0.316. The van der Waals surface area contributed by atoms with Crippen LogP contribution in [0.2, 0.25) is 0 Å². The van der Waals surface area contributed by atoms with Gasteiger partial charge in [0.25, 0.3) is 0 Å². The van der Waals surface area contributed by atoms with Crippen LogP contribution in [0.3, 0.4) is 0 Å². The number of hydrogen-bond donors (Lipinski definition) is 2. The lowest BCUT2D eigenvalue weighted by Gasteiger charge is -2.18. The lowest BCUT2D eigenvalue weighted by atomic mass is 10.1. The minimum Gasteiger partial charge on any atom is -0.472 e. The minimum atomic E-state index is -0.731. The topological polar surface area (TPSA) is 149 Å². The van der Waals surface area contributed by atoms with Gasteiger partial charge >= 0.3 is 12.1 Å². The lowest BCUT2D eigenvalue weighted by Crippen LogP contribution is -2.34. The third kappa shape index (κ3) is 5.55. The number of nitrogens with zero attached hydrogens (tertiary/aromatic N) is 3. The molecule has 152 valence electrons. The van der Waals surface area contributed by atoms with E-state index in [1.807, 2.05) is 6.07 Å². The molecule has 0 fully saturated rings. The van der Waals surface area contributed by atoms with Crippen molar-refractivity contribution in [2.75, 3.05) is 26.0 Å². The number of benzene rings is 1. The van der Waals surface area contributed by atoms with Crippen LogP contribution in [-0.2, 0) is 9.47 Å². The summed E-state index contributed by atoms with van der Waals surface area (Å²) in [6, 6.07) is 8.64. The number of aromatic nitrogens is 2. The summed E-state index contributed by atoms with van der Waals surface area (Å²) in [5.41, 5.74) is 6.82. The zero-order valence-electron chi connectivity index (χ0n) is 16.3. The fourth-order valence-corrected chi connectivity index (χ4v) is 2.33. The zero-order chi connectivity index (χ0) is 21.4. The number of esters is 1. The van der Waals surface area contributed by atoms with Crippen molar-refractivity contribution >= 4 is 17.9 Å². The monoisotopic (exact) mass is 399 g/mol. The summed E-state index contributed by atoms with van der Waals surface area (Å²) in [7, 11) is 1.24. The number of ether oxygens (including phenoxy) is 3. The van der Waals surface area contributed by atoms with Crippen molar-refractivity contribution in [3.63, 3.8) is 0 Å². The molecule has 0 saturated carbocycles. The predicted octanol–water partition coefficient (Wildman–Crippen LogP) is 1.90. The molecule has 0 unspecified atom stereocenters. The third-order valence-corrected chi connectivity index (χ3v) is 3.67. The molecule has 10 nitrogen and oxygen atoms in total. The first-order chi connectivity index (χ1) is 13.9. The number of nitrogen functional groups attached to an aromatic ring is 1. The van der Waals surface area contributed by atoms with Gasteiger partial charge < -0.3 is 25.3 Å². The van der Waals surface area contributed by atoms with Gasteiger partial charge in [0, 0.05) is 5.56 Å². The van der Waals surface area contributed by atoms with Crippen LogP contribution < -0.4 is 15.8 Å². The summed E-state index contributed by atoms with van der Waals surface area (Å²) < 4.78 is 15.3. The Balaban J connectivity index is 2.43. The van der Waals surface area contributed by atoms with Gasteiger partial charge in [0.1, 0.15) is 11.9 Å². The quantitative estimate of drug-likeness (QED) is 0.665. The van der Waals surface area contributed by atoms with E-state index in [9.17, 15) is 9.59 Å². The Morgan fingerprint density at radius 3 is 2.76 bits per heavy atom. The molecule has 1 aromatic heterocycles. The lowest BCUT2D eigenvalue weighted by molar-refractivity contribution is 0.0518. The van der Waals surface area contributed by atoms with Crippen molar-refractivity contribution < 1.29 is 23.8 Å². The number of carbonyl (C=O) groups excluding carboxylic acids is 2. The Morgan fingerprint density at radius 2 is 2.10 bits per heavy atom. The number of amides is 1. The summed E-state index contributed by atoms with van der Waals surface area (Å²) in [6.07, 6.45) is -1.20. The van der Waals surface area contributed by atoms with Crippen LogP contribution in [0.5, 0.6) is 5.88 Å². The molecule has 2 rings (SSSR count). The Bertz CT molecular complexity index is 941. The second-order valence-corrected chi connectivity index (χ2v) is 5.83. The van der Waals surface area contributed by atoms with Crippen LogP contribution in [0.25, 0.3) is 11.4 Å². The fourth-order valence-electron chi connectivity index (χ4n) is 2.33. The van der Waals surface area contributed by atoms with Crippen molar-refractivity contribution in [1.82, 2.24) is 15.3 Å². The van der Waals surface area contributed by atoms with Gasteiger partial charge in [0.15, 0.2) is 11.4 Å². The van der Waals surface area contributed by atoms with E-state index in [0.717, 1.165) is 0 Å². The number of nitrogens with two attached hydrogens (primary N) is 1. The molecule has 0 bridgehead atoms. The number of alkyl carbamates (subject to hydrolysis) is 1. The number of nitriles is 1. The van der Waals surface area contributed by atoms with Crippen LogP contribution in [0, 0.1) is 11.3 Å². The number of anilines is 1. The molecule has 1 heterocycles. The van der Waals surface area contributed by atoms with Gasteiger partial charge in [0.05, 0.1) is 31.9 Å². The van der Waals surface area contributed by atoms with Crippen LogP contribution >= 0.6 is 0 Å². The van der Waals surface area contributed by atoms with Gasteiger partial charge in [-0.3, -0.25) is 0 Å². The highest BCUT2D eigenvalue weighted by Gasteiger charge is 2.24. The van der Waals surface area contributed by atoms with Crippen LogP contribution in [0.4, 0.5) is 10.6 Å². The standard InChI is InChI=1S/C19H21N5O5/c1-4-28-18(25)14-15(21)23-16(13-7-5-6-12(8-13)9-20)24-17(14)29-11(2)10-22-19(26)27-3/h5-8,11H,4,10H2,1-3H3,(H,22,26)(H2,21,23,24)/t11-/m0/s1. The maximum Gasteiger partial charge on any atom is 0.406 e. The van der Waals surface area contributed by atoms with E-state index >= 15 is 0 Å². The number of rotatable bonds is 7. The van der Waals surface area contributed by atoms with E-state index in [2.05, 4.69) is 20.0 Å². The second kappa shape index (κ2) is 9.89. The van der Waals surface area contributed by atoms with Crippen LogP contribution in [0.15, 0.2) is 24.3 Å². The van der Waals surface area contributed by atoms with Crippen molar-refractivity contribution in [3.05, 3.63) is 35.4 Å². The SMILES string of the molecule is CCOC(=O)c1c(N)nc(-c2cccc(C#N)c2)nc1O[C@@H](C)CNC(=O)OC. The van der Waals surface area contributed by atoms with Gasteiger partial charge in [-0.1, -0.05) is 12.1 Å². The molecule has 1 aromatic carbocycles. The van der Waals surface area contributed by atoms with E-state index in [0.29, 0.717) is 11.1 Å². The summed E-state index contributed by atoms with van der Waals surface area (Å²) in [4.78, 5) is 32.0. The van der Waals surface area contributed by atoms with Crippen molar-refractivity contribution in [1.29, 1.82) is 5.26 Å². The van der Waals surface area contributed by atoms with E-state index in [-0.39, 0.29) is 36.2 Å². The highest BCUT2D eigenvalue weighted by atomic mass is 16.5. The largest absolute Gasteiger partial charge is 0.472 e. The number of nitrogens with one attached hydrogen (secondary N) is 1. The number of hydrogen-bond acceptors (Lipinski definition) is 9. The maximum atomic E-state index is 12.3. The second-order valence-electron chi connectivity index (χ2n) is 5.83. The first-order valence-electron chi connectivity index (χ1n) is 8.73. The molecule has 0 aliphatic heterocycles. The van der Waals surface area contributed by atoms with Crippen molar-refractivity contribution in [2.45, 2.75) is 20.0 Å². The average Bonchev–Trinajstić information content (AvgIpc) is 2.71. The molecule has 10 heteroatoms. The highest BCUT2D eigenvalue weighted by molar-refractivity contribution is 5.97. The zero-order valence-corrected chi connectivity index (χ0v) is 16.3. The smallest absolute Gasteiger partial charge is 0.406 e. The molecule has 0 aliphatic carbocycles. The molecule has 0 saturated heterocycles. The van der Waals surface area contributed by atoms with E-state index in [1.165, 1.54) is 7.11 Å². The third-order valence-electron chi connectivity index (χ3n) is 3.67.